The zero-order valence-electron chi connectivity index (χ0n) is 17.8. The molecule has 2 aliphatic heterocycles. The fourth-order valence-electron chi connectivity index (χ4n) is 6.95. The number of amides is 1. The van der Waals surface area contributed by atoms with Gasteiger partial charge in [0.25, 0.3) is 0 Å². The highest BCUT2D eigenvalue weighted by molar-refractivity contribution is 6.43. The third kappa shape index (κ3) is 4.84. The molecule has 0 aromatic rings. The summed E-state index contributed by atoms with van der Waals surface area (Å²) >= 11 is 0. The van der Waals surface area contributed by atoms with Crippen molar-refractivity contribution in [2.24, 2.45) is 35.3 Å². The Balaban J connectivity index is 1.30. The van der Waals surface area contributed by atoms with Gasteiger partial charge in [-0.05, 0) is 81.6 Å². The molecule has 2 saturated heterocycles. The fraction of sp³-hybridized carbons (Fsp3) is 0.955. The van der Waals surface area contributed by atoms with Crippen molar-refractivity contribution in [1.29, 1.82) is 0 Å². The fourth-order valence-corrected chi connectivity index (χ4v) is 6.95. The lowest BCUT2D eigenvalue weighted by molar-refractivity contribution is -0.141. The average molecular weight is 405 g/mol. The van der Waals surface area contributed by atoms with Crippen LogP contribution in [0.25, 0.3) is 0 Å². The first kappa shape index (κ1) is 21.6. The van der Waals surface area contributed by atoms with Crippen LogP contribution < -0.4 is 11.1 Å². The summed E-state index contributed by atoms with van der Waals surface area (Å²) in [5, 5.41) is 22.5. The molecular weight excluding hydrogens is 365 g/mol. The quantitative estimate of drug-likeness (QED) is 0.532. The predicted octanol–water partition coefficient (Wildman–Crippen LogP) is 1.54. The van der Waals surface area contributed by atoms with E-state index in [0.717, 1.165) is 76.4 Å². The van der Waals surface area contributed by atoms with Crippen LogP contribution in [0.15, 0.2) is 0 Å². The Labute approximate surface area is 176 Å². The second-order valence-corrected chi connectivity index (χ2v) is 10.3. The molecule has 0 aromatic heterocycles. The number of carbonyl (C=O) groups excluding carboxylic acids is 1. The molecule has 6 nitrogen and oxygen atoms in total. The van der Waals surface area contributed by atoms with Gasteiger partial charge in [0.1, 0.15) is 0 Å². The van der Waals surface area contributed by atoms with Crippen molar-refractivity contribution in [1.82, 2.24) is 10.2 Å². The minimum atomic E-state index is -1.30. The smallest absolute Gasteiger partial charge is 0.426 e. The van der Waals surface area contributed by atoms with E-state index >= 15 is 0 Å². The van der Waals surface area contributed by atoms with Crippen LogP contribution >= 0.6 is 0 Å². The Morgan fingerprint density at radius 3 is 2.45 bits per heavy atom. The van der Waals surface area contributed by atoms with Gasteiger partial charge in [-0.25, -0.2) is 0 Å². The molecule has 6 atom stereocenters. The summed E-state index contributed by atoms with van der Waals surface area (Å²) in [6.07, 6.45) is 12.4. The largest absolute Gasteiger partial charge is 0.469 e. The summed E-state index contributed by atoms with van der Waals surface area (Å²) in [7, 11) is -1.30. The van der Waals surface area contributed by atoms with Crippen molar-refractivity contribution in [2.75, 3.05) is 19.6 Å². The van der Waals surface area contributed by atoms with Crippen molar-refractivity contribution < 1.29 is 14.8 Å². The Bertz CT molecular complexity index is 555. The van der Waals surface area contributed by atoms with Crippen LogP contribution in [0.4, 0.5) is 0 Å². The third-order valence-electron chi connectivity index (χ3n) is 8.65. The van der Waals surface area contributed by atoms with Crippen LogP contribution in [0.1, 0.15) is 70.6 Å². The van der Waals surface area contributed by atoms with Gasteiger partial charge in [-0.3, -0.25) is 4.79 Å². The Morgan fingerprint density at radius 1 is 0.966 bits per heavy atom. The van der Waals surface area contributed by atoms with Gasteiger partial charge in [-0.2, -0.15) is 0 Å². The zero-order valence-corrected chi connectivity index (χ0v) is 17.8. The molecule has 1 amide bonds. The molecule has 4 aliphatic rings. The van der Waals surface area contributed by atoms with E-state index in [4.69, 9.17) is 5.73 Å². The van der Waals surface area contributed by atoms with Gasteiger partial charge in [-0.15, -0.1) is 0 Å². The summed E-state index contributed by atoms with van der Waals surface area (Å²) in [6, 6.07) is 0.256. The van der Waals surface area contributed by atoms with Crippen molar-refractivity contribution >= 4 is 13.0 Å². The van der Waals surface area contributed by atoms with Gasteiger partial charge < -0.3 is 26.0 Å². The summed E-state index contributed by atoms with van der Waals surface area (Å²) in [6.45, 7) is 2.68. The molecule has 0 radical (unpaired) electrons. The summed E-state index contributed by atoms with van der Waals surface area (Å²) in [5.41, 5.74) is 5.93. The van der Waals surface area contributed by atoms with Crippen LogP contribution in [0, 0.1) is 29.6 Å². The molecule has 4 rings (SSSR count). The molecule has 29 heavy (non-hydrogen) atoms. The molecule has 5 N–H and O–H groups in total. The summed E-state index contributed by atoms with van der Waals surface area (Å²) < 4.78 is 0. The lowest BCUT2D eigenvalue weighted by Crippen LogP contribution is -2.58. The van der Waals surface area contributed by atoms with Gasteiger partial charge in [0.15, 0.2) is 0 Å². The number of rotatable bonds is 4. The molecule has 4 fully saturated rings. The molecule has 0 bridgehead atoms. The maximum absolute atomic E-state index is 13.4. The highest BCUT2D eigenvalue weighted by Gasteiger charge is 2.44. The van der Waals surface area contributed by atoms with Crippen molar-refractivity contribution in [3.05, 3.63) is 0 Å². The lowest BCUT2D eigenvalue weighted by atomic mass is 9.65. The number of carbonyl (C=O) groups is 1. The minimum Gasteiger partial charge on any atom is -0.426 e. The van der Waals surface area contributed by atoms with Gasteiger partial charge in [0.2, 0.25) is 5.91 Å². The second-order valence-electron chi connectivity index (χ2n) is 10.3. The number of likely N-dealkylation sites (tertiary alicyclic amines) is 1. The van der Waals surface area contributed by atoms with E-state index in [-0.39, 0.29) is 17.9 Å². The van der Waals surface area contributed by atoms with Crippen LogP contribution in [0.3, 0.4) is 0 Å². The highest BCUT2D eigenvalue weighted by atomic mass is 16.4. The number of piperidine rings is 2. The molecule has 0 aromatic carbocycles. The van der Waals surface area contributed by atoms with E-state index in [0.29, 0.717) is 17.7 Å². The van der Waals surface area contributed by atoms with Crippen LogP contribution in [0.5, 0.6) is 0 Å². The molecule has 0 spiro atoms. The normalized spacial score (nSPS) is 39.1. The van der Waals surface area contributed by atoms with Gasteiger partial charge in [-0.1, -0.05) is 19.3 Å². The molecular formula is C22H40BN3O3. The molecule has 164 valence electrons. The number of nitrogens with zero attached hydrogens (tertiary/aromatic N) is 1. The number of hydrogen-bond donors (Lipinski definition) is 4. The second kappa shape index (κ2) is 9.67. The highest BCUT2D eigenvalue weighted by Crippen LogP contribution is 2.41. The first-order valence-corrected chi connectivity index (χ1v) is 12.2. The first-order chi connectivity index (χ1) is 14.1. The summed E-state index contributed by atoms with van der Waals surface area (Å²) in [4.78, 5) is 15.5. The van der Waals surface area contributed by atoms with Crippen LogP contribution in [-0.4, -0.2) is 59.6 Å². The van der Waals surface area contributed by atoms with Gasteiger partial charge in [0.05, 0.1) is 0 Å². The first-order valence-electron chi connectivity index (χ1n) is 12.2. The Morgan fingerprint density at radius 2 is 1.72 bits per heavy atom. The van der Waals surface area contributed by atoms with E-state index in [2.05, 4.69) is 10.2 Å². The molecule has 6 unspecified atom stereocenters. The Kier molecular flexibility index (Phi) is 7.20. The average Bonchev–Trinajstić information content (AvgIpc) is 2.78. The van der Waals surface area contributed by atoms with Crippen molar-refractivity contribution in [3.8, 4) is 0 Å². The van der Waals surface area contributed by atoms with Crippen LogP contribution in [-0.2, 0) is 4.79 Å². The van der Waals surface area contributed by atoms with E-state index in [9.17, 15) is 14.8 Å². The number of hydrogen-bond acceptors (Lipinski definition) is 5. The topological polar surface area (TPSA) is 98.8 Å². The van der Waals surface area contributed by atoms with E-state index < -0.39 is 7.12 Å². The van der Waals surface area contributed by atoms with E-state index in [1.807, 2.05) is 0 Å². The van der Waals surface area contributed by atoms with Crippen molar-refractivity contribution in [3.63, 3.8) is 0 Å². The number of nitrogens with two attached hydrogens (primary N) is 1. The van der Waals surface area contributed by atoms with Gasteiger partial charge >= 0.3 is 7.12 Å². The standard InChI is InChI=1S/C22H40BN3O3/c24-14-15-3-1-4-17(13-15)16-9-11-26(12-10-16)22(27)19-5-2-6-20-18(19)7-8-21(25-20)23(28)29/h15-21,25,28-29H,1-14,24H2. The maximum atomic E-state index is 13.4. The summed E-state index contributed by atoms with van der Waals surface area (Å²) in [5.74, 6) is 2.90. The molecule has 2 heterocycles. The van der Waals surface area contributed by atoms with Crippen molar-refractivity contribution in [2.45, 2.75) is 82.6 Å². The SMILES string of the molecule is NCC1CCCC(C2CCN(C(=O)C3CCCC4NC(B(O)O)CCC43)CC2)C1. The van der Waals surface area contributed by atoms with Crippen LogP contribution in [0.2, 0.25) is 0 Å². The molecule has 2 aliphatic carbocycles. The third-order valence-corrected chi connectivity index (χ3v) is 8.65. The minimum absolute atomic E-state index is 0.117. The molecule has 7 heteroatoms. The predicted molar refractivity (Wildman–Crippen MR) is 115 cm³/mol. The monoisotopic (exact) mass is 405 g/mol. The number of fused-ring (bicyclic) bond motifs is 1. The number of nitrogens with one attached hydrogen (secondary N) is 1. The zero-order chi connectivity index (χ0) is 20.4. The molecule has 2 saturated carbocycles. The lowest BCUT2D eigenvalue weighted by Gasteiger charge is -2.46. The van der Waals surface area contributed by atoms with E-state index in [1.54, 1.807) is 0 Å². The maximum Gasteiger partial charge on any atom is 0.469 e. The van der Waals surface area contributed by atoms with E-state index in [1.165, 1.54) is 25.7 Å². The Hall–Kier alpha value is -0.625. The van der Waals surface area contributed by atoms with Gasteiger partial charge in [0, 0.05) is 31.0 Å².